The summed E-state index contributed by atoms with van der Waals surface area (Å²) in [6.07, 6.45) is 8.46. The zero-order valence-electron chi connectivity index (χ0n) is 12.3. The minimum absolute atomic E-state index is 0.0576. The van der Waals surface area contributed by atoms with Crippen molar-refractivity contribution >= 4 is 23.8 Å². The molecule has 5 nitrogen and oxygen atoms in total. The Bertz CT molecular complexity index is 313. The van der Waals surface area contributed by atoms with Crippen molar-refractivity contribution < 1.29 is 14.7 Å². The first kappa shape index (κ1) is 17.1. The number of likely N-dealkylation sites (tertiary alicyclic amines) is 1. The lowest BCUT2D eigenvalue weighted by molar-refractivity contribution is -0.137. The van der Waals surface area contributed by atoms with E-state index in [0.29, 0.717) is 13.1 Å². The van der Waals surface area contributed by atoms with Gasteiger partial charge >= 0.3 is 12.0 Å². The number of carbonyl (C=O) groups excluding carboxylic acids is 1. The van der Waals surface area contributed by atoms with Crippen LogP contribution < -0.4 is 5.32 Å². The Morgan fingerprint density at radius 1 is 1.30 bits per heavy atom. The minimum atomic E-state index is -0.830. The Kier molecular flexibility index (Phi) is 8.49. The van der Waals surface area contributed by atoms with Crippen LogP contribution in [0.4, 0.5) is 4.79 Å². The maximum absolute atomic E-state index is 12.0. The van der Waals surface area contributed by atoms with Crippen LogP contribution in [0, 0.1) is 0 Å². The Labute approximate surface area is 125 Å². The van der Waals surface area contributed by atoms with Crippen molar-refractivity contribution in [2.75, 3.05) is 25.1 Å². The lowest BCUT2D eigenvalue weighted by Gasteiger charge is -2.23. The number of urea groups is 1. The number of aliphatic carboxylic acids is 1. The molecule has 1 saturated heterocycles. The average Bonchev–Trinajstić information content (AvgIpc) is 2.84. The molecule has 0 aromatic carbocycles. The molecule has 2 N–H and O–H groups in total. The van der Waals surface area contributed by atoms with Crippen LogP contribution in [0.15, 0.2) is 0 Å². The second kappa shape index (κ2) is 9.91. The van der Waals surface area contributed by atoms with Gasteiger partial charge in [0.1, 0.15) is 0 Å². The Balaban J connectivity index is 2.13. The highest BCUT2D eigenvalue weighted by Crippen LogP contribution is 2.20. The van der Waals surface area contributed by atoms with Gasteiger partial charge in [-0.2, -0.15) is 11.8 Å². The van der Waals surface area contributed by atoms with Crippen LogP contribution in [0.25, 0.3) is 0 Å². The third-order valence-corrected chi connectivity index (χ3v) is 4.30. The fraction of sp³-hybridized carbons (Fsp3) is 0.857. The van der Waals surface area contributed by atoms with Crippen molar-refractivity contribution in [3.63, 3.8) is 0 Å². The maximum Gasteiger partial charge on any atom is 0.317 e. The molecule has 1 fully saturated rings. The number of hydrogen-bond donors (Lipinski definition) is 2. The number of nitrogens with one attached hydrogen (secondary N) is 1. The van der Waals surface area contributed by atoms with Crippen LogP contribution in [0.3, 0.4) is 0 Å². The molecule has 1 aliphatic heterocycles. The number of carboxylic acids is 1. The molecular formula is C14H26N2O3S. The summed E-state index contributed by atoms with van der Waals surface area (Å²) < 4.78 is 0. The molecule has 1 aliphatic rings. The number of nitrogens with zero attached hydrogens (tertiary/aromatic N) is 1. The predicted molar refractivity (Wildman–Crippen MR) is 82.2 cm³/mol. The van der Waals surface area contributed by atoms with Gasteiger partial charge in [0, 0.05) is 19.1 Å². The Hall–Kier alpha value is -0.910. The van der Waals surface area contributed by atoms with Crippen molar-refractivity contribution in [1.82, 2.24) is 10.2 Å². The van der Waals surface area contributed by atoms with E-state index in [4.69, 9.17) is 5.11 Å². The molecule has 0 saturated carbocycles. The number of unbranched alkanes of at least 4 members (excludes halogenated alkanes) is 3. The molecule has 1 atom stereocenters. The molecular weight excluding hydrogens is 276 g/mol. The van der Waals surface area contributed by atoms with E-state index >= 15 is 0 Å². The summed E-state index contributed by atoms with van der Waals surface area (Å²) in [6.45, 7) is 1.37. The summed E-state index contributed by atoms with van der Waals surface area (Å²) in [5, 5.41) is 11.7. The fourth-order valence-corrected chi connectivity index (χ4v) is 3.03. The van der Waals surface area contributed by atoms with E-state index in [-0.39, 0.29) is 18.5 Å². The van der Waals surface area contributed by atoms with Gasteiger partial charge in [-0.15, -0.1) is 0 Å². The predicted octanol–water partition coefficient (Wildman–Crippen LogP) is 2.56. The molecule has 1 unspecified atom stereocenters. The van der Waals surface area contributed by atoms with Gasteiger partial charge in [0.15, 0.2) is 0 Å². The molecule has 6 heteroatoms. The first-order valence-electron chi connectivity index (χ1n) is 7.40. The number of hydrogen-bond acceptors (Lipinski definition) is 3. The van der Waals surface area contributed by atoms with Gasteiger partial charge in [-0.3, -0.25) is 4.79 Å². The highest BCUT2D eigenvalue weighted by molar-refractivity contribution is 7.98. The zero-order chi connectivity index (χ0) is 14.8. The SMILES string of the molecule is CSCCCCCCNC(=O)N1CCCC1CC(=O)O. The summed E-state index contributed by atoms with van der Waals surface area (Å²) in [5.74, 6) is 0.375. The van der Waals surface area contributed by atoms with Gasteiger partial charge in [-0.25, -0.2) is 4.79 Å². The number of rotatable bonds is 9. The molecule has 0 bridgehead atoms. The van der Waals surface area contributed by atoms with Gasteiger partial charge in [-0.1, -0.05) is 12.8 Å². The molecule has 116 valence electrons. The lowest BCUT2D eigenvalue weighted by atomic mass is 10.1. The summed E-state index contributed by atoms with van der Waals surface area (Å²) in [6, 6.07) is -0.230. The molecule has 0 aliphatic carbocycles. The van der Waals surface area contributed by atoms with Gasteiger partial charge in [0.25, 0.3) is 0 Å². The van der Waals surface area contributed by atoms with Crippen LogP contribution >= 0.6 is 11.8 Å². The summed E-state index contributed by atoms with van der Waals surface area (Å²) in [7, 11) is 0. The molecule has 0 spiro atoms. The molecule has 0 aromatic rings. The fourth-order valence-electron chi connectivity index (χ4n) is 2.54. The van der Waals surface area contributed by atoms with Crippen molar-refractivity contribution in [3.8, 4) is 0 Å². The van der Waals surface area contributed by atoms with E-state index in [1.54, 1.807) is 4.90 Å². The third kappa shape index (κ3) is 6.50. The van der Waals surface area contributed by atoms with Crippen LogP contribution in [-0.2, 0) is 4.79 Å². The highest BCUT2D eigenvalue weighted by Gasteiger charge is 2.29. The second-order valence-corrected chi connectivity index (χ2v) is 6.21. The van der Waals surface area contributed by atoms with Crippen molar-refractivity contribution in [1.29, 1.82) is 0 Å². The van der Waals surface area contributed by atoms with E-state index in [1.807, 2.05) is 11.8 Å². The van der Waals surface area contributed by atoms with Crippen molar-refractivity contribution in [2.45, 2.75) is 51.0 Å². The molecule has 2 amide bonds. The molecule has 1 heterocycles. The topological polar surface area (TPSA) is 69.6 Å². The third-order valence-electron chi connectivity index (χ3n) is 3.60. The van der Waals surface area contributed by atoms with Crippen molar-refractivity contribution in [2.24, 2.45) is 0 Å². The number of thioether (sulfide) groups is 1. The number of amides is 2. The average molecular weight is 302 g/mol. The Morgan fingerprint density at radius 3 is 2.75 bits per heavy atom. The van der Waals surface area contributed by atoms with Crippen LogP contribution in [0.1, 0.15) is 44.9 Å². The van der Waals surface area contributed by atoms with E-state index in [1.165, 1.54) is 18.6 Å². The van der Waals surface area contributed by atoms with Crippen LogP contribution in [-0.4, -0.2) is 53.1 Å². The molecule has 0 radical (unpaired) electrons. The summed E-state index contributed by atoms with van der Waals surface area (Å²) in [5.41, 5.74) is 0. The smallest absolute Gasteiger partial charge is 0.317 e. The molecule has 1 rings (SSSR count). The zero-order valence-corrected chi connectivity index (χ0v) is 13.1. The normalized spacial score (nSPS) is 18.2. The first-order valence-corrected chi connectivity index (χ1v) is 8.79. The highest BCUT2D eigenvalue weighted by atomic mass is 32.2. The van der Waals surface area contributed by atoms with Crippen LogP contribution in [0.5, 0.6) is 0 Å². The van der Waals surface area contributed by atoms with E-state index in [9.17, 15) is 9.59 Å². The van der Waals surface area contributed by atoms with E-state index in [0.717, 1.165) is 25.7 Å². The monoisotopic (exact) mass is 302 g/mol. The number of carbonyl (C=O) groups is 2. The largest absolute Gasteiger partial charge is 0.481 e. The van der Waals surface area contributed by atoms with Gasteiger partial charge in [0.05, 0.1) is 6.42 Å². The van der Waals surface area contributed by atoms with Crippen molar-refractivity contribution in [3.05, 3.63) is 0 Å². The van der Waals surface area contributed by atoms with Gasteiger partial charge in [-0.05, 0) is 37.7 Å². The van der Waals surface area contributed by atoms with E-state index in [2.05, 4.69) is 11.6 Å². The quantitative estimate of drug-likeness (QED) is 0.642. The first-order chi connectivity index (χ1) is 9.65. The van der Waals surface area contributed by atoms with Gasteiger partial charge < -0.3 is 15.3 Å². The standard InChI is InChI=1S/C14H26N2O3S/c1-20-10-5-3-2-4-8-15-14(19)16-9-6-7-12(16)11-13(17)18/h12H,2-11H2,1H3,(H,15,19)(H,17,18). The lowest BCUT2D eigenvalue weighted by Crippen LogP contribution is -2.43. The van der Waals surface area contributed by atoms with Crippen LogP contribution in [0.2, 0.25) is 0 Å². The Morgan fingerprint density at radius 2 is 2.05 bits per heavy atom. The summed E-state index contributed by atoms with van der Waals surface area (Å²) in [4.78, 5) is 24.4. The molecule has 20 heavy (non-hydrogen) atoms. The summed E-state index contributed by atoms with van der Waals surface area (Å²) >= 11 is 1.87. The minimum Gasteiger partial charge on any atom is -0.481 e. The van der Waals surface area contributed by atoms with Gasteiger partial charge in [0.2, 0.25) is 0 Å². The van der Waals surface area contributed by atoms with E-state index < -0.39 is 5.97 Å². The second-order valence-electron chi connectivity index (χ2n) is 5.23. The maximum atomic E-state index is 12.0. The number of carboxylic acid groups (broad SMARTS) is 1. The molecule has 0 aromatic heterocycles.